The normalized spacial score (nSPS) is 23.9. The quantitative estimate of drug-likeness (QED) is 0.908. The number of nitrogens with zero attached hydrogens (tertiary/aromatic N) is 1. The van der Waals surface area contributed by atoms with E-state index in [2.05, 4.69) is 11.4 Å². The van der Waals surface area contributed by atoms with Gasteiger partial charge in [-0.1, -0.05) is 25.0 Å². The van der Waals surface area contributed by atoms with Crippen molar-refractivity contribution in [1.82, 2.24) is 0 Å². The first-order valence-electron chi connectivity index (χ1n) is 7.67. The summed E-state index contributed by atoms with van der Waals surface area (Å²) in [6.45, 7) is 0.888. The second-order valence-electron chi connectivity index (χ2n) is 6.08. The smallest absolute Gasteiger partial charge is 0.0756 e. The van der Waals surface area contributed by atoms with Gasteiger partial charge >= 0.3 is 0 Å². The summed E-state index contributed by atoms with van der Waals surface area (Å²) in [6.07, 6.45) is 8.43. The molecule has 1 unspecified atom stereocenters. The Bertz CT molecular complexity index is 483. The van der Waals surface area contributed by atoms with Crippen molar-refractivity contribution in [2.24, 2.45) is 0 Å². The summed E-state index contributed by atoms with van der Waals surface area (Å²) >= 11 is 0. The number of nitriles is 1. The van der Waals surface area contributed by atoms with E-state index in [0.717, 1.165) is 17.8 Å². The highest BCUT2D eigenvalue weighted by Crippen LogP contribution is 2.43. The van der Waals surface area contributed by atoms with Crippen LogP contribution in [0.5, 0.6) is 0 Å². The molecule has 0 amide bonds. The molecule has 1 atom stereocenters. The van der Waals surface area contributed by atoms with Gasteiger partial charge in [0.1, 0.15) is 0 Å². The summed E-state index contributed by atoms with van der Waals surface area (Å²) < 4.78 is 6.29. The summed E-state index contributed by atoms with van der Waals surface area (Å²) in [5.74, 6) is 0. The van der Waals surface area contributed by atoms with E-state index in [0.29, 0.717) is 12.5 Å². The Balaban J connectivity index is 1.49. The summed E-state index contributed by atoms with van der Waals surface area (Å²) in [5, 5.41) is 12.1. The third-order valence-electron chi connectivity index (χ3n) is 4.62. The number of benzene rings is 1. The number of rotatable bonds is 4. The van der Waals surface area contributed by atoms with Crippen LogP contribution in [0.2, 0.25) is 0 Å². The molecule has 0 bridgehead atoms. The molecule has 1 N–H and O–H groups in total. The van der Waals surface area contributed by atoms with Crippen molar-refractivity contribution in [3.63, 3.8) is 0 Å². The first-order chi connectivity index (χ1) is 9.80. The van der Waals surface area contributed by atoms with E-state index in [9.17, 15) is 0 Å². The monoisotopic (exact) mass is 270 g/mol. The molecular weight excluding hydrogens is 248 g/mol. The molecule has 1 saturated heterocycles. The van der Waals surface area contributed by atoms with Crippen LogP contribution in [0.1, 0.15) is 44.1 Å². The van der Waals surface area contributed by atoms with Crippen molar-refractivity contribution in [3.8, 4) is 6.07 Å². The zero-order valence-corrected chi connectivity index (χ0v) is 11.9. The molecule has 1 aromatic carbocycles. The van der Waals surface area contributed by atoms with Gasteiger partial charge in [0, 0.05) is 12.2 Å². The topological polar surface area (TPSA) is 45.0 Å². The van der Waals surface area contributed by atoms with Crippen molar-refractivity contribution in [2.45, 2.75) is 56.7 Å². The van der Waals surface area contributed by atoms with E-state index in [1.807, 2.05) is 24.3 Å². The molecule has 106 valence electrons. The fourth-order valence-corrected chi connectivity index (χ4v) is 3.49. The van der Waals surface area contributed by atoms with Crippen LogP contribution in [0.3, 0.4) is 0 Å². The van der Waals surface area contributed by atoms with Crippen LogP contribution in [0.4, 0.5) is 5.69 Å². The Labute approximate surface area is 120 Å². The minimum absolute atomic E-state index is 0.225. The van der Waals surface area contributed by atoms with Crippen LogP contribution < -0.4 is 5.32 Å². The molecule has 1 heterocycles. The third kappa shape index (κ3) is 2.96. The lowest BCUT2D eigenvalue weighted by atomic mass is 9.98. The highest BCUT2D eigenvalue weighted by molar-refractivity contribution is 5.45. The average Bonchev–Trinajstić information content (AvgIpc) is 3.09. The van der Waals surface area contributed by atoms with Gasteiger partial charge in [0.25, 0.3) is 0 Å². The van der Waals surface area contributed by atoms with Gasteiger partial charge in [-0.2, -0.15) is 5.26 Å². The molecule has 1 aliphatic carbocycles. The van der Waals surface area contributed by atoms with Crippen molar-refractivity contribution in [1.29, 1.82) is 5.26 Å². The predicted molar refractivity (Wildman–Crippen MR) is 79.6 cm³/mol. The number of ether oxygens (including phenoxy) is 1. The van der Waals surface area contributed by atoms with E-state index in [1.165, 1.54) is 38.5 Å². The maximum atomic E-state index is 8.65. The van der Waals surface area contributed by atoms with Gasteiger partial charge in [-0.05, 0) is 43.4 Å². The number of nitrogens with one attached hydrogen (secondary N) is 1. The summed E-state index contributed by atoms with van der Waals surface area (Å²) in [6, 6.07) is 10.3. The molecule has 20 heavy (non-hydrogen) atoms. The second-order valence-corrected chi connectivity index (χ2v) is 6.08. The van der Waals surface area contributed by atoms with Gasteiger partial charge in [0.15, 0.2) is 0 Å². The van der Waals surface area contributed by atoms with Crippen LogP contribution in [-0.2, 0) is 11.2 Å². The zero-order chi connectivity index (χ0) is 13.8. The van der Waals surface area contributed by atoms with Crippen LogP contribution in [0.25, 0.3) is 0 Å². The molecule has 1 spiro atoms. The van der Waals surface area contributed by atoms with Gasteiger partial charge in [0.05, 0.1) is 24.2 Å². The van der Waals surface area contributed by atoms with E-state index < -0.39 is 0 Å². The molecule has 0 aromatic heterocycles. The Kier molecular flexibility index (Phi) is 3.93. The fraction of sp³-hybridized carbons (Fsp3) is 0.588. The molecule has 1 aromatic rings. The molecule has 1 saturated carbocycles. The largest absolute Gasteiger partial charge is 0.382 e. The molecule has 3 nitrogen and oxygen atoms in total. The number of anilines is 1. The average molecular weight is 270 g/mol. The van der Waals surface area contributed by atoms with Gasteiger partial charge in [0.2, 0.25) is 0 Å². The summed E-state index contributed by atoms with van der Waals surface area (Å²) in [5.41, 5.74) is 2.41. The summed E-state index contributed by atoms with van der Waals surface area (Å²) in [7, 11) is 0. The minimum atomic E-state index is 0.225. The Morgan fingerprint density at radius 1 is 1.20 bits per heavy atom. The second kappa shape index (κ2) is 5.85. The third-order valence-corrected chi connectivity index (χ3v) is 4.62. The molecule has 3 heteroatoms. The fourth-order valence-electron chi connectivity index (χ4n) is 3.49. The maximum absolute atomic E-state index is 8.65. The Morgan fingerprint density at radius 2 is 1.95 bits per heavy atom. The lowest BCUT2D eigenvalue weighted by Gasteiger charge is -2.24. The predicted octanol–water partition coefficient (Wildman–Crippen LogP) is 3.66. The van der Waals surface area contributed by atoms with Gasteiger partial charge in [-0.15, -0.1) is 0 Å². The first kappa shape index (κ1) is 13.5. The van der Waals surface area contributed by atoms with E-state index >= 15 is 0 Å². The zero-order valence-electron chi connectivity index (χ0n) is 11.9. The highest BCUT2D eigenvalue weighted by atomic mass is 16.5. The molecule has 1 aliphatic heterocycles. The number of hydrogen-bond acceptors (Lipinski definition) is 3. The van der Waals surface area contributed by atoms with Gasteiger partial charge < -0.3 is 10.1 Å². The SMILES string of the molecule is N#CCc1ccc(NCC2CCC3(CCCC3)O2)cc1. The molecule has 3 rings (SSSR count). The summed E-state index contributed by atoms with van der Waals surface area (Å²) in [4.78, 5) is 0. The van der Waals surface area contributed by atoms with Gasteiger partial charge in [-0.3, -0.25) is 0 Å². The van der Waals surface area contributed by atoms with Crippen LogP contribution >= 0.6 is 0 Å². The van der Waals surface area contributed by atoms with Crippen LogP contribution in [0, 0.1) is 11.3 Å². The lowest BCUT2D eigenvalue weighted by Crippen LogP contribution is -2.27. The molecule has 0 radical (unpaired) electrons. The van der Waals surface area contributed by atoms with E-state index in [4.69, 9.17) is 10.00 Å². The maximum Gasteiger partial charge on any atom is 0.0756 e. The van der Waals surface area contributed by atoms with Crippen molar-refractivity contribution in [2.75, 3.05) is 11.9 Å². The van der Waals surface area contributed by atoms with Crippen molar-refractivity contribution >= 4 is 5.69 Å². The highest BCUT2D eigenvalue weighted by Gasteiger charge is 2.41. The lowest BCUT2D eigenvalue weighted by molar-refractivity contribution is -0.0307. The van der Waals surface area contributed by atoms with E-state index in [1.54, 1.807) is 0 Å². The van der Waals surface area contributed by atoms with Crippen LogP contribution in [0.15, 0.2) is 24.3 Å². The van der Waals surface area contributed by atoms with Crippen molar-refractivity contribution in [3.05, 3.63) is 29.8 Å². The molecular formula is C17H22N2O. The number of hydrogen-bond donors (Lipinski definition) is 1. The minimum Gasteiger partial charge on any atom is -0.382 e. The molecule has 2 aliphatic rings. The van der Waals surface area contributed by atoms with Crippen LogP contribution in [-0.4, -0.2) is 18.2 Å². The first-order valence-corrected chi connectivity index (χ1v) is 7.67. The Morgan fingerprint density at radius 3 is 2.65 bits per heavy atom. The Hall–Kier alpha value is -1.53. The molecule has 2 fully saturated rings. The van der Waals surface area contributed by atoms with E-state index in [-0.39, 0.29) is 5.60 Å². The van der Waals surface area contributed by atoms with Crippen molar-refractivity contribution < 1.29 is 4.74 Å². The standard InChI is InChI=1S/C17H22N2O/c18-12-8-14-3-5-15(6-4-14)19-13-16-7-11-17(20-16)9-1-2-10-17/h3-6,16,19H,1-2,7-11,13H2. The van der Waals surface area contributed by atoms with Gasteiger partial charge in [-0.25, -0.2) is 0 Å².